The first-order chi connectivity index (χ1) is 7.59. The lowest BCUT2D eigenvalue weighted by Gasteiger charge is -2.02. The highest BCUT2D eigenvalue weighted by molar-refractivity contribution is 7.71. The minimum absolute atomic E-state index is 0.0766. The summed E-state index contributed by atoms with van der Waals surface area (Å²) >= 11 is 4.80. The molecular weight excluding hydrogens is 234 g/mol. The van der Waals surface area contributed by atoms with Crippen LogP contribution in [0.4, 0.5) is 8.78 Å². The molecule has 0 aliphatic carbocycles. The van der Waals surface area contributed by atoms with Crippen molar-refractivity contribution in [1.82, 2.24) is 14.9 Å². The molecule has 0 unspecified atom stereocenters. The molecule has 4 nitrogen and oxygen atoms in total. The summed E-state index contributed by atoms with van der Waals surface area (Å²) in [6.07, 6.45) is 0.0766. The molecule has 0 bridgehead atoms. The Hall–Kier alpha value is -1.76. The Kier molecular flexibility index (Phi) is 2.69. The van der Waals surface area contributed by atoms with Gasteiger partial charge >= 0.3 is 0 Å². The summed E-state index contributed by atoms with van der Waals surface area (Å²) in [7, 11) is 0. The van der Waals surface area contributed by atoms with Gasteiger partial charge in [0.05, 0.1) is 0 Å². The van der Waals surface area contributed by atoms with E-state index < -0.39 is 11.6 Å². The summed E-state index contributed by atoms with van der Waals surface area (Å²) in [5.74, 6) is 4.10. The van der Waals surface area contributed by atoms with Crippen LogP contribution in [0.5, 0.6) is 0 Å². The zero-order chi connectivity index (χ0) is 11.7. The monoisotopic (exact) mass is 242 g/mol. The number of hydrogen-bond donors (Lipinski definition) is 2. The number of aromatic nitrogens is 3. The summed E-state index contributed by atoms with van der Waals surface area (Å²) in [5, 5.41) is 6.28. The number of hydrogen-bond acceptors (Lipinski definition) is 3. The molecule has 1 aromatic heterocycles. The summed E-state index contributed by atoms with van der Waals surface area (Å²) in [6, 6.07) is 3.95. The lowest BCUT2D eigenvalue weighted by molar-refractivity contribution is 0.499. The van der Waals surface area contributed by atoms with Gasteiger partial charge in [-0.05, 0) is 23.8 Å². The first-order valence-electron chi connectivity index (χ1n) is 4.44. The summed E-state index contributed by atoms with van der Waals surface area (Å²) in [5.41, 5.74) is 0.181. The van der Waals surface area contributed by atoms with Gasteiger partial charge in [0.15, 0.2) is 17.5 Å². The maximum Gasteiger partial charge on any atom is 0.214 e. The standard InChI is InChI=1S/C9H8F2N4S/c10-6-3-1-2-5(8(6)11)4-7-13-14-9(16)15(7)12/h1-3H,4,12H2,(H,14,16). The van der Waals surface area contributed by atoms with Crippen LogP contribution >= 0.6 is 12.2 Å². The van der Waals surface area contributed by atoms with E-state index in [0.29, 0.717) is 5.82 Å². The minimum atomic E-state index is -0.893. The average Bonchev–Trinajstić information content (AvgIpc) is 2.57. The van der Waals surface area contributed by atoms with Crippen LogP contribution in [0.1, 0.15) is 11.4 Å². The number of nitrogen functional groups attached to an aromatic ring is 1. The summed E-state index contributed by atoms with van der Waals surface area (Å²) in [4.78, 5) is 0. The van der Waals surface area contributed by atoms with Crippen molar-refractivity contribution in [3.63, 3.8) is 0 Å². The molecule has 0 saturated heterocycles. The number of rotatable bonds is 2. The number of nitrogens with zero attached hydrogens (tertiary/aromatic N) is 2. The van der Waals surface area contributed by atoms with Gasteiger partial charge in [-0.3, -0.25) is 5.10 Å². The lowest BCUT2D eigenvalue weighted by Crippen LogP contribution is -2.13. The SMILES string of the molecule is Nn1c(Cc2cccc(F)c2F)n[nH]c1=S. The van der Waals surface area contributed by atoms with Gasteiger partial charge in [-0.1, -0.05) is 12.1 Å². The topological polar surface area (TPSA) is 59.6 Å². The predicted octanol–water partition coefficient (Wildman–Crippen LogP) is 1.52. The van der Waals surface area contributed by atoms with E-state index in [0.717, 1.165) is 10.7 Å². The van der Waals surface area contributed by atoms with Gasteiger partial charge in [0, 0.05) is 6.42 Å². The van der Waals surface area contributed by atoms with Gasteiger partial charge in [0.1, 0.15) is 0 Å². The second-order valence-corrected chi connectivity index (χ2v) is 3.59. The molecular formula is C9H8F2N4S. The second-order valence-electron chi connectivity index (χ2n) is 3.20. The molecule has 16 heavy (non-hydrogen) atoms. The highest BCUT2D eigenvalue weighted by Crippen LogP contribution is 2.14. The van der Waals surface area contributed by atoms with Gasteiger partial charge in [-0.15, -0.1) is 0 Å². The highest BCUT2D eigenvalue weighted by Gasteiger charge is 2.11. The largest absolute Gasteiger partial charge is 0.335 e. The fourth-order valence-electron chi connectivity index (χ4n) is 1.32. The Labute approximate surface area is 94.7 Å². The van der Waals surface area contributed by atoms with Crippen LogP contribution in [-0.4, -0.2) is 14.9 Å². The van der Waals surface area contributed by atoms with Gasteiger partial charge < -0.3 is 5.84 Å². The molecule has 0 spiro atoms. The van der Waals surface area contributed by atoms with E-state index in [2.05, 4.69) is 10.2 Å². The molecule has 3 N–H and O–H groups in total. The third kappa shape index (κ3) is 1.81. The van der Waals surface area contributed by atoms with Crippen LogP contribution in [-0.2, 0) is 6.42 Å². The maximum absolute atomic E-state index is 13.3. The van der Waals surface area contributed by atoms with Crippen molar-refractivity contribution in [1.29, 1.82) is 0 Å². The third-order valence-corrected chi connectivity index (χ3v) is 2.45. The summed E-state index contributed by atoms with van der Waals surface area (Å²) in [6.45, 7) is 0. The molecule has 0 amide bonds. The Morgan fingerprint density at radius 2 is 2.19 bits per heavy atom. The van der Waals surface area contributed by atoms with Crippen molar-refractivity contribution in [3.8, 4) is 0 Å². The fourth-order valence-corrected chi connectivity index (χ4v) is 1.47. The fraction of sp³-hybridized carbons (Fsp3) is 0.111. The number of aromatic amines is 1. The second kappa shape index (κ2) is 4.01. The molecule has 1 heterocycles. The molecule has 2 rings (SSSR count). The minimum Gasteiger partial charge on any atom is -0.335 e. The Bertz CT molecular complexity index is 575. The predicted molar refractivity (Wildman–Crippen MR) is 56.7 cm³/mol. The first-order valence-corrected chi connectivity index (χ1v) is 4.84. The van der Waals surface area contributed by atoms with Crippen LogP contribution in [0.25, 0.3) is 0 Å². The van der Waals surface area contributed by atoms with Crippen LogP contribution in [0, 0.1) is 16.4 Å². The van der Waals surface area contributed by atoms with Crippen molar-refractivity contribution in [2.45, 2.75) is 6.42 Å². The van der Waals surface area contributed by atoms with E-state index in [1.54, 1.807) is 0 Å². The smallest absolute Gasteiger partial charge is 0.214 e. The van der Waals surface area contributed by atoms with E-state index in [1.165, 1.54) is 12.1 Å². The molecule has 1 aromatic carbocycles. The third-order valence-electron chi connectivity index (χ3n) is 2.16. The molecule has 0 aliphatic rings. The average molecular weight is 242 g/mol. The van der Waals surface area contributed by atoms with E-state index in [9.17, 15) is 8.78 Å². The molecule has 7 heteroatoms. The number of halogens is 2. The maximum atomic E-state index is 13.3. The van der Waals surface area contributed by atoms with Gasteiger partial charge in [-0.2, -0.15) is 5.10 Å². The van der Waals surface area contributed by atoms with Crippen LogP contribution in [0.2, 0.25) is 0 Å². The zero-order valence-electron chi connectivity index (χ0n) is 8.08. The van der Waals surface area contributed by atoms with Crippen molar-refractivity contribution >= 4 is 12.2 Å². The lowest BCUT2D eigenvalue weighted by atomic mass is 10.1. The highest BCUT2D eigenvalue weighted by atomic mass is 32.1. The van der Waals surface area contributed by atoms with Crippen molar-refractivity contribution in [3.05, 3.63) is 46.0 Å². The molecule has 0 atom stereocenters. The van der Waals surface area contributed by atoms with Crippen molar-refractivity contribution in [2.24, 2.45) is 0 Å². The Balaban J connectivity index is 2.38. The Morgan fingerprint density at radius 3 is 2.81 bits per heavy atom. The van der Waals surface area contributed by atoms with Crippen LogP contribution in [0.3, 0.4) is 0 Å². The van der Waals surface area contributed by atoms with Crippen molar-refractivity contribution in [2.75, 3.05) is 5.84 Å². The normalized spacial score (nSPS) is 10.6. The molecule has 0 saturated carbocycles. The van der Waals surface area contributed by atoms with Crippen molar-refractivity contribution < 1.29 is 8.78 Å². The Morgan fingerprint density at radius 1 is 1.44 bits per heavy atom. The number of benzene rings is 1. The van der Waals surface area contributed by atoms with E-state index >= 15 is 0 Å². The first kappa shape index (κ1) is 10.7. The van der Waals surface area contributed by atoms with Crippen LogP contribution in [0.15, 0.2) is 18.2 Å². The molecule has 0 aliphatic heterocycles. The molecule has 0 fully saturated rings. The number of H-pyrrole nitrogens is 1. The van der Waals surface area contributed by atoms with E-state index in [4.69, 9.17) is 18.1 Å². The van der Waals surface area contributed by atoms with E-state index in [1.807, 2.05) is 0 Å². The molecule has 84 valence electrons. The molecule has 2 aromatic rings. The van der Waals surface area contributed by atoms with Gasteiger partial charge in [-0.25, -0.2) is 13.5 Å². The number of nitrogens with two attached hydrogens (primary N) is 1. The van der Waals surface area contributed by atoms with E-state index in [-0.39, 0.29) is 16.8 Å². The molecule has 0 radical (unpaired) electrons. The zero-order valence-corrected chi connectivity index (χ0v) is 8.89. The van der Waals surface area contributed by atoms with Gasteiger partial charge in [0.2, 0.25) is 4.77 Å². The summed E-state index contributed by atoms with van der Waals surface area (Å²) < 4.78 is 27.6. The van der Waals surface area contributed by atoms with Gasteiger partial charge in [0.25, 0.3) is 0 Å². The number of nitrogens with one attached hydrogen (secondary N) is 1. The van der Waals surface area contributed by atoms with Crippen LogP contribution < -0.4 is 5.84 Å². The quantitative estimate of drug-likeness (QED) is 0.620.